The van der Waals surface area contributed by atoms with Gasteiger partial charge in [-0.25, -0.2) is 0 Å². The molecular formula is C57H98O5. The van der Waals surface area contributed by atoms with Crippen LogP contribution < -0.4 is 0 Å². The van der Waals surface area contributed by atoms with Crippen molar-refractivity contribution in [2.24, 2.45) is 0 Å². The number of allylic oxidation sites excluding steroid dienone is 14. The number of hydrogen-bond acceptors (Lipinski definition) is 5. The Bertz CT molecular complexity index is 1160. The van der Waals surface area contributed by atoms with Gasteiger partial charge >= 0.3 is 11.9 Å². The van der Waals surface area contributed by atoms with Crippen molar-refractivity contribution in [3.63, 3.8) is 0 Å². The number of unbranched alkanes of at least 4 members (excludes halogenated alkanes) is 22. The smallest absolute Gasteiger partial charge is 0.306 e. The Hall–Kier alpha value is -2.92. The monoisotopic (exact) mass is 863 g/mol. The van der Waals surface area contributed by atoms with E-state index in [1.165, 1.54) is 109 Å². The van der Waals surface area contributed by atoms with Crippen LogP contribution in [0.3, 0.4) is 0 Å². The summed E-state index contributed by atoms with van der Waals surface area (Å²) in [5.74, 6) is -0.429. The maximum absolute atomic E-state index is 12.8. The largest absolute Gasteiger partial charge is 0.462 e. The van der Waals surface area contributed by atoms with E-state index >= 15 is 0 Å². The van der Waals surface area contributed by atoms with E-state index in [0.717, 1.165) is 96.3 Å². The van der Waals surface area contributed by atoms with Crippen molar-refractivity contribution < 1.29 is 23.8 Å². The molecule has 0 bridgehead atoms. The predicted octanol–water partition coefficient (Wildman–Crippen LogP) is 17.7. The van der Waals surface area contributed by atoms with Gasteiger partial charge in [0.15, 0.2) is 6.10 Å². The molecule has 0 aliphatic rings. The molecule has 0 amide bonds. The Balaban J connectivity index is 4.30. The Morgan fingerprint density at radius 3 is 1.24 bits per heavy atom. The van der Waals surface area contributed by atoms with Gasteiger partial charge in [-0.05, 0) is 109 Å². The van der Waals surface area contributed by atoms with Gasteiger partial charge in [0.25, 0.3) is 0 Å². The van der Waals surface area contributed by atoms with Crippen molar-refractivity contribution in [3.05, 3.63) is 85.1 Å². The summed E-state index contributed by atoms with van der Waals surface area (Å²) in [4.78, 5) is 25.4. The highest BCUT2D eigenvalue weighted by molar-refractivity contribution is 5.70. The molecule has 0 spiro atoms. The summed E-state index contributed by atoms with van der Waals surface area (Å²) >= 11 is 0. The SMILES string of the molecule is CC/C=C\C/C=C\C/C=C\C/C=C\CCCCCCCCC(=O)OCC(COCCCCCCCC/C=C\C/C=C\CCC)OC(=O)CCCCCCC/C=C\CCCCCC. The van der Waals surface area contributed by atoms with Gasteiger partial charge in [-0.3, -0.25) is 9.59 Å². The average molecular weight is 863 g/mol. The van der Waals surface area contributed by atoms with Gasteiger partial charge in [0.2, 0.25) is 0 Å². The zero-order valence-corrected chi connectivity index (χ0v) is 40.9. The Morgan fingerprint density at radius 2 is 0.758 bits per heavy atom. The van der Waals surface area contributed by atoms with Gasteiger partial charge in [-0.2, -0.15) is 0 Å². The fourth-order valence-electron chi connectivity index (χ4n) is 7.00. The third-order valence-electron chi connectivity index (χ3n) is 10.9. The Kier molecular flexibility index (Phi) is 50.0. The molecule has 0 aromatic carbocycles. The maximum Gasteiger partial charge on any atom is 0.306 e. The first-order valence-electron chi connectivity index (χ1n) is 26.1. The molecule has 0 fully saturated rings. The number of esters is 2. The fraction of sp³-hybridized carbons (Fsp3) is 0.719. The van der Waals surface area contributed by atoms with Crippen molar-refractivity contribution in [1.29, 1.82) is 0 Å². The summed E-state index contributed by atoms with van der Waals surface area (Å²) in [6.45, 7) is 7.60. The molecule has 0 saturated carbocycles. The maximum atomic E-state index is 12.8. The summed E-state index contributed by atoms with van der Waals surface area (Å²) in [6, 6.07) is 0. The summed E-state index contributed by atoms with van der Waals surface area (Å²) in [7, 11) is 0. The molecule has 0 aromatic rings. The lowest BCUT2D eigenvalue weighted by Crippen LogP contribution is -2.30. The molecule has 0 aromatic heterocycles. The molecule has 1 atom stereocenters. The van der Waals surface area contributed by atoms with Crippen molar-refractivity contribution in [2.75, 3.05) is 19.8 Å². The third-order valence-corrected chi connectivity index (χ3v) is 10.9. The quantitative estimate of drug-likeness (QED) is 0.0346. The van der Waals surface area contributed by atoms with E-state index in [-0.39, 0.29) is 25.2 Å². The molecule has 5 heteroatoms. The summed E-state index contributed by atoms with van der Waals surface area (Å²) in [5.41, 5.74) is 0. The minimum atomic E-state index is -0.555. The van der Waals surface area contributed by atoms with Gasteiger partial charge in [-0.15, -0.1) is 0 Å². The van der Waals surface area contributed by atoms with Crippen LogP contribution in [0.15, 0.2) is 85.1 Å². The molecule has 0 N–H and O–H groups in total. The molecular weight excluding hydrogens is 765 g/mol. The molecule has 0 radical (unpaired) electrons. The van der Waals surface area contributed by atoms with Crippen LogP contribution in [0.25, 0.3) is 0 Å². The molecule has 0 rings (SSSR count). The molecule has 1 unspecified atom stereocenters. The zero-order valence-electron chi connectivity index (χ0n) is 40.9. The standard InChI is InChI=1S/C57H98O5/c1-4-7-10-13-16-19-22-25-27-28-29-30-31-33-35-38-41-44-47-50-56(58)61-54-55(53-60-52-49-46-43-40-37-34-26-23-20-17-14-11-8-5-2)62-57(59)51-48-45-42-39-36-32-24-21-18-15-12-9-6-3/h7,10-11,14,16,19-21,23-25,27,29-30,55H,4-6,8-9,12-13,15,17-18,22,26,28,31-54H2,1-3H3/b10-7-,14-11-,19-16-,23-20-,24-21-,27-25-,30-29-. The van der Waals surface area contributed by atoms with E-state index < -0.39 is 6.10 Å². The van der Waals surface area contributed by atoms with Crippen molar-refractivity contribution in [2.45, 2.75) is 245 Å². The fourth-order valence-corrected chi connectivity index (χ4v) is 7.00. The molecule has 0 saturated heterocycles. The van der Waals surface area contributed by atoms with Crippen LogP contribution in [-0.4, -0.2) is 37.9 Å². The number of carbonyl (C=O) groups is 2. The lowest BCUT2D eigenvalue weighted by molar-refractivity contribution is -0.163. The highest BCUT2D eigenvalue weighted by Crippen LogP contribution is 2.13. The molecule has 0 aliphatic heterocycles. The molecule has 62 heavy (non-hydrogen) atoms. The second-order valence-corrected chi connectivity index (χ2v) is 17.0. The first kappa shape index (κ1) is 59.1. The van der Waals surface area contributed by atoms with E-state index in [1.807, 2.05) is 0 Å². The summed E-state index contributed by atoms with van der Waals surface area (Å²) in [6.07, 6.45) is 68.7. The molecule has 0 aliphatic carbocycles. The summed E-state index contributed by atoms with van der Waals surface area (Å²) in [5, 5.41) is 0. The first-order valence-corrected chi connectivity index (χ1v) is 26.1. The lowest BCUT2D eigenvalue weighted by atomic mass is 10.1. The van der Waals surface area contributed by atoms with Crippen molar-refractivity contribution in [1.82, 2.24) is 0 Å². The second kappa shape index (κ2) is 52.4. The number of carbonyl (C=O) groups excluding carboxylic acids is 2. The van der Waals surface area contributed by atoms with E-state index in [4.69, 9.17) is 14.2 Å². The highest BCUT2D eigenvalue weighted by Gasteiger charge is 2.17. The number of ether oxygens (including phenoxy) is 3. The molecule has 5 nitrogen and oxygen atoms in total. The van der Waals surface area contributed by atoms with Crippen LogP contribution in [0.5, 0.6) is 0 Å². The van der Waals surface area contributed by atoms with Crippen LogP contribution in [0.4, 0.5) is 0 Å². The third kappa shape index (κ3) is 49.7. The topological polar surface area (TPSA) is 61.8 Å². The predicted molar refractivity (Wildman–Crippen MR) is 270 cm³/mol. The lowest BCUT2D eigenvalue weighted by Gasteiger charge is -2.18. The number of hydrogen-bond donors (Lipinski definition) is 0. The Labute approximate surface area is 384 Å². The minimum absolute atomic E-state index is 0.0669. The van der Waals surface area contributed by atoms with Crippen LogP contribution in [0.2, 0.25) is 0 Å². The van der Waals surface area contributed by atoms with Gasteiger partial charge in [-0.1, -0.05) is 202 Å². The minimum Gasteiger partial charge on any atom is -0.462 e. The number of rotatable bonds is 47. The van der Waals surface area contributed by atoms with Gasteiger partial charge in [0, 0.05) is 19.4 Å². The van der Waals surface area contributed by atoms with Crippen molar-refractivity contribution in [3.8, 4) is 0 Å². The van der Waals surface area contributed by atoms with Gasteiger partial charge < -0.3 is 14.2 Å². The van der Waals surface area contributed by atoms with E-state index in [1.54, 1.807) is 0 Å². The van der Waals surface area contributed by atoms with E-state index in [9.17, 15) is 9.59 Å². The first-order chi connectivity index (χ1) is 30.6. The van der Waals surface area contributed by atoms with Crippen LogP contribution in [-0.2, 0) is 23.8 Å². The van der Waals surface area contributed by atoms with E-state index in [2.05, 4.69) is 106 Å². The van der Waals surface area contributed by atoms with Crippen LogP contribution >= 0.6 is 0 Å². The zero-order chi connectivity index (χ0) is 44.9. The van der Waals surface area contributed by atoms with Crippen molar-refractivity contribution >= 4 is 11.9 Å². The molecule has 356 valence electrons. The van der Waals surface area contributed by atoms with Crippen LogP contribution in [0.1, 0.15) is 239 Å². The Morgan fingerprint density at radius 1 is 0.371 bits per heavy atom. The van der Waals surface area contributed by atoms with Gasteiger partial charge in [0.1, 0.15) is 6.61 Å². The second-order valence-electron chi connectivity index (χ2n) is 17.0. The van der Waals surface area contributed by atoms with E-state index in [0.29, 0.717) is 19.4 Å². The summed E-state index contributed by atoms with van der Waals surface area (Å²) < 4.78 is 17.4. The average Bonchev–Trinajstić information content (AvgIpc) is 3.27. The highest BCUT2D eigenvalue weighted by atomic mass is 16.6. The molecule has 0 heterocycles. The van der Waals surface area contributed by atoms with Gasteiger partial charge in [0.05, 0.1) is 6.61 Å². The normalized spacial score (nSPS) is 12.9. The van der Waals surface area contributed by atoms with Crippen LogP contribution in [0, 0.1) is 0 Å².